The fourth-order valence-corrected chi connectivity index (χ4v) is 1.89. The Hall–Kier alpha value is -1.03. The van der Waals surface area contributed by atoms with Crippen molar-refractivity contribution in [2.24, 2.45) is 7.05 Å². The first-order valence-electron chi connectivity index (χ1n) is 4.71. The lowest BCUT2D eigenvalue weighted by molar-refractivity contribution is 0.277. The molecule has 1 aromatic carbocycles. The Labute approximate surface area is 103 Å². The van der Waals surface area contributed by atoms with E-state index in [1.807, 2.05) is 12.1 Å². The minimum absolute atomic E-state index is 0.173. The molecule has 0 spiro atoms. The molecule has 0 unspecified atom stereocenters. The lowest BCUT2D eigenvalue weighted by Gasteiger charge is -2.02. The molecule has 5 heteroatoms. The van der Waals surface area contributed by atoms with Crippen LogP contribution in [0.25, 0.3) is 11.4 Å². The zero-order valence-electron chi connectivity index (χ0n) is 8.61. The van der Waals surface area contributed by atoms with E-state index in [1.165, 1.54) is 0 Å². The standard InChI is InChI=1S/C11H10Cl2N2O/c1-15-10(13)9(6-16)14-11(15)7-3-2-4-8(12)5-7/h2-5,16H,6H2,1H3. The molecule has 0 saturated carbocycles. The first-order chi connectivity index (χ1) is 7.63. The SMILES string of the molecule is Cn1c(-c2cccc(Cl)c2)nc(CO)c1Cl. The van der Waals surface area contributed by atoms with Crippen LogP contribution in [-0.2, 0) is 13.7 Å². The first kappa shape index (κ1) is 11.5. The van der Waals surface area contributed by atoms with Crippen LogP contribution in [0.4, 0.5) is 0 Å². The molecule has 0 saturated heterocycles. The second-order valence-corrected chi connectivity index (χ2v) is 4.19. The molecular weight excluding hydrogens is 247 g/mol. The Balaban J connectivity index is 2.56. The van der Waals surface area contributed by atoms with Crippen LogP contribution in [0, 0.1) is 0 Å². The Morgan fingerprint density at radius 1 is 1.38 bits per heavy atom. The summed E-state index contributed by atoms with van der Waals surface area (Å²) in [6.45, 7) is -0.173. The average Bonchev–Trinajstić information content (AvgIpc) is 2.56. The van der Waals surface area contributed by atoms with Gasteiger partial charge >= 0.3 is 0 Å². The van der Waals surface area contributed by atoms with Gasteiger partial charge in [0.05, 0.1) is 6.61 Å². The smallest absolute Gasteiger partial charge is 0.141 e. The highest BCUT2D eigenvalue weighted by Gasteiger charge is 2.13. The molecule has 1 heterocycles. The zero-order valence-corrected chi connectivity index (χ0v) is 10.1. The number of hydrogen-bond donors (Lipinski definition) is 1. The van der Waals surface area contributed by atoms with Gasteiger partial charge in [0.2, 0.25) is 0 Å². The van der Waals surface area contributed by atoms with Crippen molar-refractivity contribution in [2.75, 3.05) is 0 Å². The monoisotopic (exact) mass is 256 g/mol. The second-order valence-electron chi connectivity index (χ2n) is 3.40. The van der Waals surface area contributed by atoms with Crippen LogP contribution in [0.2, 0.25) is 10.2 Å². The lowest BCUT2D eigenvalue weighted by atomic mass is 10.2. The van der Waals surface area contributed by atoms with Crippen LogP contribution in [0.1, 0.15) is 5.69 Å². The fraction of sp³-hybridized carbons (Fsp3) is 0.182. The third-order valence-corrected chi connectivity index (χ3v) is 3.03. The number of aliphatic hydroxyl groups is 1. The van der Waals surface area contributed by atoms with Gasteiger partial charge in [-0.1, -0.05) is 35.3 Å². The van der Waals surface area contributed by atoms with Gasteiger partial charge in [0.15, 0.2) is 0 Å². The lowest BCUT2D eigenvalue weighted by Crippen LogP contribution is -1.92. The first-order valence-corrected chi connectivity index (χ1v) is 5.47. The van der Waals surface area contributed by atoms with Crippen molar-refractivity contribution in [2.45, 2.75) is 6.61 Å². The molecule has 3 nitrogen and oxygen atoms in total. The Kier molecular flexibility index (Phi) is 3.19. The number of halogens is 2. The number of rotatable bonds is 2. The molecule has 2 aromatic rings. The largest absolute Gasteiger partial charge is 0.390 e. The third kappa shape index (κ3) is 1.94. The van der Waals surface area contributed by atoms with E-state index in [9.17, 15) is 0 Å². The molecule has 0 radical (unpaired) electrons. The Morgan fingerprint density at radius 3 is 2.69 bits per heavy atom. The van der Waals surface area contributed by atoms with Crippen molar-refractivity contribution in [1.82, 2.24) is 9.55 Å². The molecule has 0 aliphatic rings. The number of aliphatic hydroxyl groups excluding tert-OH is 1. The van der Waals surface area contributed by atoms with E-state index in [0.29, 0.717) is 21.7 Å². The summed E-state index contributed by atoms with van der Waals surface area (Å²) >= 11 is 11.9. The molecule has 1 N–H and O–H groups in total. The van der Waals surface area contributed by atoms with Crippen molar-refractivity contribution in [3.63, 3.8) is 0 Å². The number of nitrogens with zero attached hydrogens (tertiary/aromatic N) is 2. The molecule has 16 heavy (non-hydrogen) atoms. The highest BCUT2D eigenvalue weighted by Crippen LogP contribution is 2.26. The normalized spacial score (nSPS) is 10.8. The summed E-state index contributed by atoms with van der Waals surface area (Å²) in [5.41, 5.74) is 1.34. The molecule has 0 amide bonds. The molecular formula is C11H10Cl2N2O. The van der Waals surface area contributed by atoms with E-state index in [4.69, 9.17) is 28.3 Å². The van der Waals surface area contributed by atoms with Crippen LogP contribution >= 0.6 is 23.2 Å². The maximum absolute atomic E-state index is 9.07. The summed E-state index contributed by atoms with van der Waals surface area (Å²) in [4.78, 5) is 4.26. The van der Waals surface area contributed by atoms with Gasteiger partial charge in [0.25, 0.3) is 0 Å². The number of benzene rings is 1. The zero-order chi connectivity index (χ0) is 11.7. The summed E-state index contributed by atoms with van der Waals surface area (Å²) in [6, 6.07) is 7.34. The predicted octanol–water partition coefficient (Wildman–Crippen LogP) is 2.89. The van der Waals surface area contributed by atoms with Crippen LogP contribution < -0.4 is 0 Å². The van der Waals surface area contributed by atoms with E-state index in [-0.39, 0.29) is 6.61 Å². The van der Waals surface area contributed by atoms with Crippen LogP contribution in [0.5, 0.6) is 0 Å². The van der Waals surface area contributed by atoms with Crippen molar-refractivity contribution < 1.29 is 5.11 Å². The molecule has 0 atom stereocenters. The summed E-state index contributed by atoms with van der Waals surface area (Å²) in [5, 5.41) is 10.2. The van der Waals surface area contributed by atoms with Crippen molar-refractivity contribution in [3.8, 4) is 11.4 Å². The van der Waals surface area contributed by atoms with E-state index in [0.717, 1.165) is 5.56 Å². The Bertz CT molecular complexity index is 523. The minimum Gasteiger partial charge on any atom is -0.390 e. The number of hydrogen-bond acceptors (Lipinski definition) is 2. The summed E-state index contributed by atoms with van der Waals surface area (Å²) in [6.07, 6.45) is 0. The number of aromatic nitrogens is 2. The summed E-state index contributed by atoms with van der Waals surface area (Å²) < 4.78 is 1.72. The van der Waals surface area contributed by atoms with E-state index >= 15 is 0 Å². The van der Waals surface area contributed by atoms with Crippen LogP contribution in [0.3, 0.4) is 0 Å². The van der Waals surface area contributed by atoms with E-state index in [1.54, 1.807) is 23.7 Å². The molecule has 2 rings (SSSR count). The summed E-state index contributed by atoms with van der Waals surface area (Å²) in [7, 11) is 1.80. The maximum atomic E-state index is 9.07. The maximum Gasteiger partial charge on any atom is 0.141 e. The van der Waals surface area contributed by atoms with Gasteiger partial charge in [0.1, 0.15) is 16.7 Å². The molecule has 0 aliphatic heterocycles. The molecule has 0 aliphatic carbocycles. The van der Waals surface area contributed by atoms with Gasteiger partial charge < -0.3 is 9.67 Å². The van der Waals surface area contributed by atoms with Gasteiger partial charge in [-0.05, 0) is 12.1 Å². The van der Waals surface area contributed by atoms with Crippen molar-refractivity contribution in [3.05, 3.63) is 40.1 Å². The molecule has 0 bridgehead atoms. The highest BCUT2D eigenvalue weighted by atomic mass is 35.5. The van der Waals surface area contributed by atoms with Gasteiger partial charge in [-0.25, -0.2) is 4.98 Å². The third-order valence-electron chi connectivity index (χ3n) is 2.32. The predicted molar refractivity (Wildman–Crippen MR) is 64.6 cm³/mol. The minimum atomic E-state index is -0.173. The van der Waals surface area contributed by atoms with Crippen molar-refractivity contribution in [1.29, 1.82) is 0 Å². The van der Waals surface area contributed by atoms with Gasteiger partial charge in [-0.3, -0.25) is 0 Å². The Morgan fingerprint density at radius 2 is 2.12 bits per heavy atom. The van der Waals surface area contributed by atoms with Gasteiger partial charge in [-0.15, -0.1) is 0 Å². The average molecular weight is 257 g/mol. The topological polar surface area (TPSA) is 38.0 Å². The highest BCUT2D eigenvalue weighted by molar-refractivity contribution is 6.31. The number of imidazole rings is 1. The quantitative estimate of drug-likeness (QED) is 0.898. The summed E-state index contributed by atoms with van der Waals surface area (Å²) in [5.74, 6) is 0.691. The molecule has 84 valence electrons. The second kappa shape index (κ2) is 4.45. The fourth-order valence-electron chi connectivity index (χ4n) is 1.52. The van der Waals surface area contributed by atoms with Crippen LogP contribution in [-0.4, -0.2) is 14.7 Å². The van der Waals surface area contributed by atoms with Crippen LogP contribution in [0.15, 0.2) is 24.3 Å². The van der Waals surface area contributed by atoms with E-state index in [2.05, 4.69) is 4.98 Å². The van der Waals surface area contributed by atoms with Gasteiger partial charge in [0, 0.05) is 17.6 Å². The van der Waals surface area contributed by atoms with Gasteiger partial charge in [-0.2, -0.15) is 0 Å². The van der Waals surface area contributed by atoms with E-state index < -0.39 is 0 Å². The molecule has 1 aromatic heterocycles. The van der Waals surface area contributed by atoms with Crippen molar-refractivity contribution >= 4 is 23.2 Å². The molecule has 0 fully saturated rings.